The zero-order valence-electron chi connectivity index (χ0n) is 21.8. The summed E-state index contributed by atoms with van der Waals surface area (Å²) in [5, 5.41) is 2.91. The molecule has 0 saturated carbocycles. The average Bonchev–Trinajstić information content (AvgIpc) is 2.85. The van der Waals surface area contributed by atoms with Crippen LogP contribution in [-0.2, 0) is 28.0 Å². The van der Waals surface area contributed by atoms with Crippen LogP contribution in [0.5, 0.6) is 5.75 Å². The van der Waals surface area contributed by atoms with Gasteiger partial charge in [0, 0.05) is 24.0 Å². The van der Waals surface area contributed by atoms with E-state index in [-0.39, 0.29) is 30.4 Å². The average molecular weight is 630 g/mol. The Morgan fingerprint density at radius 3 is 2.27 bits per heavy atom. The van der Waals surface area contributed by atoms with E-state index in [1.165, 1.54) is 0 Å². The van der Waals surface area contributed by atoms with Gasteiger partial charge in [0.1, 0.15) is 11.8 Å². The van der Waals surface area contributed by atoms with Gasteiger partial charge in [-0.25, -0.2) is 0 Å². The molecule has 0 aliphatic carbocycles. The Labute approximate surface area is 236 Å². The predicted molar refractivity (Wildman–Crippen MR) is 156 cm³/mol. The van der Waals surface area contributed by atoms with Gasteiger partial charge in [-0.2, -0.15) is 0 Å². The fourth-order valence-electron chi connectivity index (χ4n) is 3.98. The summed E-state index contributed by atoms with van der Waals surface area (Å²) in [5.74, 6) is 0.130. The van der Waals surface area contributed by atoms with Crippen LogP contribution in [0.2, 0.25) is 0 Å². The van der Waals surface area contributed by atoms with Gasteiger partial charge < -0.3 is 15.0 Å². The number of rotatable bonds is 10. The minimum atomic E-state index is -0.691. The second kappa shape index (κ2) is 13.2. The Hall–Kier alpha value is -2.64. The summed E-state index contributed by atoms with van der Waals surface area (Å²) in [6, 6.07) is 22.7. The van der Waals surface area contributed by atoms with E-state index in [1.807, 2.05) is 79.7 Å². The minimum Gasteiger partial charge on any atom is -0.483 e. The van der Waals surface area contributed by atoms with Gasteiger partial charge in [0.2, 0.25) is 5.91 Å². The maximum atomic E-state index is 13.7. The lowest BCUT2D eigenvalue weighted by Crippen LogP contribution is -2.51. The molecule has 0 aliphatic heterocycles. The zero-order valence-corrected chi connectivity index (χ0v) is 24.9. The summed E-state index contributed by atoms with van der Waals surface area (Å²) in [5.41, 5.74) is 3.05. The molecule has 0 fully saturated rings. The fourth-order valence-corrected chi connectivity index (χ4v) is 4.92. The highest BCUT2D eigenvalue weighted by molar-refractivity contribution is 9.10. The summed E-state index contributed by atoms with van der Waals surface area (Å²) < 4.78 is 7.67. The summed E-state index contributed by atoms with van der Waals surface area (Å²) in [6.07, 6.45) is 0.399. The Morgan fingerprint density at radius 2 is 1.65 bits per heavy atom. The highest BCUT2D eigenvalue weighted by Gasteiger charge is 2.30. The van der Waals surface area contributed by atoms with Crippen LogP contribution in [0.25, 0.3) is 0 Å². The van der Waals surface area contributed by atoms with Gasteiger partial charge in [-0.3, -0.25) is 9.59 Å². The summed E-state index contributed by atoms with van der Waals surface area (Å²) in [4.78, 5) is 28.5. The van der Waals surface area contributed by atoms with Crippen molar-refractivity contribution in [1.82, 2.24) is 10.2 Å². The van der Waals surface area contributed by atoms with Gasteiger partial charge in [-0.05, 0) is 69.2 Å². The first-order valence-corrected chi connectivity index (χ1v) is 14.0. The molecule has 5 nitrogen and oxygen atoms in total. The number of hydrogen-bond acceptors (Lipinski definition) is 3. The van der Waals surface area contributed by atoms with Crippen LogP contribution in [0.15, 0.2) is 81.7 Å². The van der Waals surface area contributed by atoms with Crippen LogP contribution in [0.1, 0.15) is 44.4 Å². The molecule has 1 atom stereocenters. The third-order valence-electron chi connectivity index (χ3n) is 6.01. The Bertz CT molecular complexity index is 1210. The van der Waals surface area contributed by atoms with Crippen molar-refractivity contribution in [2.24, 2.45) is 0 Å². The van der Waals surface area contributed by atoms with E-state index in [4.69, 9.17) is 4.74 Å². The molecule has 3 rings (SSSR count). The van der Waals surface area contributed by atoms with Crippen LogP contribution >= 0.6 is 31.9 Å². The van der Waals surface area contributed by atoms with Crippen molar-refractivity contribution in [3.8, 4) is 5.75 Å². The molecule has 3 aromatic carbocycles. The first kappa shape index (κ1) is 28.9. The second-order valence-corrected chi connectivity index (χ2v) is 11.7. The number of carbonyl (C=O) groups excluding carboxylic acids is 2. The molecule has 0 spiro atoms. The molecule has 2 amide bonds. The molecule has 0 radical (unpaired) electrons. The normalized spacial score (nSPS) is 12.1. The van der Waals surface area contributed by atoms with Crippen molar-refractivity contribution in [2.75, 3.05) is 13.2 Å². The van der Waals surface area contributed by atoms with Crippen LogP contribution in [0, 0.1) is 0 Å². The molecule has 7 heteroatoms. The molecule has 0 aromatic heterocycles. The Balaban J connectivity index is 1.89. The summed E-state index contributed by atoms with van der Waals surface area (Å²) >= 11 is 7.10. The minimum absolute atomic E-state index is 0.00503. The number of nitrogens with one attached hydrogen (secondary N) is 1. The number of amides is 2. The van der Waals surface area contributed by atoms with E-state index < -0.39 is 6.04 Å². The van der Waals surface area contributed by atoms with Crippen molar-refractivity contribution in [2.45, 2.75) is 52.1 Å². The number of carbonyl (C=O) groups is 2. The van der Waals surface area contributed by atoms with E-state index in [9.17, 15) is 9.59 Å². The van der Waals surface area contributed by atoms with Gasteiger partial charge in [-0.15, -0.1) is 0 Å². The first-order chi connectivity index (χ1) is 17.6. The van der Waals surface area contributed by atoms with Gasteiger partial charge in [0.25, 0.3) is 5.91 Å². The van der Waals surface area contributed by atoms with Gasteiger partial charge in [-0.1, -0.05) is 85.2 Å². The van der Waals surface area contributed by atoms with Crippen molar-refractivity contribution >= 4 is 43.7 Å². The molecule has 0 heterocycles. The number of nitrogens with zero attached hydrogens (tertiary/aromatic N) is 1. The van der Waals surface area contributed by atoms with Crippen LogP contribution in [-0.4, -0.2) is 35.9 Å². The molecule has 196 valence electrons. The Kier molecular flexibility index (Phi) is 10.4. The van der Waals surface area contributed by atoms with Crippen LogP contribution in [0.4, 0.5) is 0 Å². The predicted octanol–water partition coefficient (Wildman–Crippen LogP) is 6.66. The third kappa shape index (κ3) is 8.44. The maximum absolute atomic E-state index is 13.7. The number of hydrogen-bond donors (Lipinski definition) is 1. The molecule has 1 N–H and O–H groups in total. The van der Waals surface area contributed by atoms with Gasteiger partial charge >= 0.3 is 0 Å². The molecular weight excluding hydrogens is 596 g/mol. The van der Waals surface area contributed by atoms with E-state index in [0.29, 0.717) is 18.7 Å². The van der Waals surface area contributed by atoms with Crippen LogP contribution < -0.4 is 10.1 Å². The van der Waals surface area contributed by atoms with Gasteiger partial charge in [0.05, 0.1) is 4.47 Å². The largest absolute Gasteiger partial charge is 0.483 e. The van der Waals surface area contributed by atoms with Crippen molar-refractivity contribution < 1.29 is 14.3 Å². The standard InChI is InChI=1S/C30H34Br2N2O3/c1-5-33-29(36)26(17-21-10-7-6-8-11-21)34(19-22-12-9-13-24(31)16-22)28(35)20-37-27-15-14-23(18-25(27)32)30(2,3)4/h6-16,18,26H,5,17,19-20H2,1-4H3,(H,33,36)/t26-/m0/s1. The van der Waals surface area contributed by atoms with E-state index >= 15 is 0 Å². The molecule has 0 saturated heterocycles. The van der Waals surface area contributed by atoms with Gasteiger partial charge in [0.15, 0.2) is 6.61 Å². The highest BCUT2D eigenvalue weighted by Crippen LogP contribution is 2.31. The van der Waals surface area contributed by atoms with Crippen LogP contribution in [0.3, 0.4) is 0 Å². The zero-order chi connectivity index (χ0) is 27.0. The number of ether oxygens (including phenoxy) is 1. The van der Waals surface area contributed by atoms with E-state index in [0.717, 1.165) is 25.6 Å². The van der Waals surface area contributed by atoms with E-state index in [1.54, 1.807) is 4.90 Å². The number of halogens is 2. The monoisotopic (exact) mass is 628 g/mol. The number of benzene rings is 3. The molecule has 0 aliphatic rings. The quantitative estimate of drug-likeness (QED) is 0.273. The molecule has 37 heavy (non-hydrogen) atoms. The second-order valence-electron chi connectivity index (χ2n) is 9.94. The highest BCUT2D eigenvalue weighted by atomic mass is 79.9. The molecule has 3 aromatic rings. The first-order valence-electron chi connectivity index (χ1n) is 12.4. The maximum Gasteiger partial charge on any atom is 0.261 e. The Morgan fingerprint density at radius 1 is 0.946 bits per heavy atom. The lowest BCUT2D eigenvalue weighted by molar-refractivity contribution is -0.142. The molecular formula is C30H34Br2N2O3. The lowest BCUT2D eigenvalue weighted by Gasteiger charge is -2.31. The molecule has 0 unspecified atom stereocenters. The lowest BCUT2D eigenvalue weighted by atomic mass is 9.87. The van der Waals surface area contributed by atoms with Crippen molar-refractivity contribution in [3.63, 3.8) is 0 Å². The third-order valence-corrected chi connectivity index (χ3v) is 7.13. The topological polar surface area (TPSA) is 58.6 Å². The van der Waals surface area contributed by atoms with E-state index in [2.05, 4.69) is 57.9 Å². The van der Waals surface area contributed by atoms with Crippen molar-refractivity contribution in [3.05, 3.63) is 98.4 Å². The van der Waals surface area contributed by atoms with Crippen molar-refractivity contribution in [1.29, 1.82) is 0 Å². The SMILES string of the molecule is CCNC(=O)[C@H](Cc1ccccc1)N(Cc1cccc(Br)c1)C(=O)COc1ccc(C(C)(C)C)cc1Br. The summed E-state index contributed by atoms with van der Waals surface area (Å²) in [7, 11) is 0. The smallest absolute Gasteiger partial charge is 0.261 e. The fraction of sp³-hybridized carbons (Fsp3) is 0.333. The summed E-state index contributed by atoms with van der Waals surface area (Å²) in [6.45, 7) is 8.88. The number of likely N-dealkylation sites (N-methyl/N-ethyl adjacent to an activating group) is 1. The molecule has 0 bridgehead atoms.